The minimum absolute atomic E-state index is 0. The van der Waals surface area contributed by atoms with E-state index in [-0.39, 0.29) is 27.3 Å². The van der Waals surface area contributed by atoms with E-state index in [1.807, 2.05) is 0 Å². The molecule has 33 heavy (non-hydrogen) atoms. The van der Waals surface area contributed by atoms with Crippen LogP contribution in [0.25, 0.3) is 0 Å². The molecule has 0 aliphatic carbocycles. The summed E-state index contributed by atoms with van der Waals surface area (Å²) in [5.41, 5.74) is 0. The Morgan fingerprint density at radius 2 is 0.697 bits per heavy atom. The minimum Gasteiger partial charge on any atom is -0.411 e. The molecule has 0 heterocycles. The average molecular weight is 633 g/mol. The first-order valence-electron chi connectivity index (χ1n) is 13.4. The summed E-state index contributed by atoms with van der Waals surface area (Å²) >= 11 is 20.4. The van der Waals surface area contributed by atoms with Crippen LogP contribution in [-0.4, -0.2) is 44.6 Å². The van der Waals surface area contributed by atoms with Crippen LogP contribution in [0.2, 0.25) is 0 Å². The Balaban J connectivity index is -0.000000529. The van der Waals surface area contributed by atoms with Crippen molar-refractivity contribution in [2.24, 2.45) is 0 Å². The van der Waals surface area contributed by atoms with Gasteiger partial charge in [-0.15, -0.1) is 0 Å². The second-order valence-corrected chi connectivity index (χ2v) is 10.8. The van der Waals surface area contributed by atoms with Crippen molar-refractivity contribution < 1.29 is 27.3 Å². The average Bonchev–Trinajstić information content (AvgIpc) is 2.77. The van der Waals surface area contributed by atoms with Gasteiger partial charge in [0.25, 0.3) is 0 Å². The third-order valence-corrected chi connectivity index (χ3v) is 6.68. The number of hydrogen-bond donors (Lipinski definition) is 0. The number of unbranched alkanes of at least 4 members (excludes halogenated alkanes) is 12. The van der Waals surface area contributed by atoms with Gasteiger partial charge in [-0.25, -0.2) is 0 Å². The third kappa shape index (κ3) is 29.3. The monoisotopic (exact) mass is 634 g/mol. The normalized spacial score (nSPS) is 10.1. The quantitative estimate of drug-likeness (QED) is 0.0570. The zero-order valence-corrected chi connectivity index (χ0v) is 29.7. The van der Waals surface area contributed by atoms with Gasteiger partial charge >= 0.3 is 27.3 Å². The number of thiocarbonyl (C=S) groups is 2. The van der Waals surface area contributed by atoms with Crippen LogP contribution in [0.1, 0.15) is 130 Å². The predicted molar refractivity (Wildman–Crippen MR) is 160 cm³/mol. The van der Waals surface area contributed by atoms with E-state index in [1.165, 1.54) is 103 Å². The van der Waals surface area contributed by atoms with Crippen molar-refractivity contribution in [1.29, 1.82) is 0 Å². The molecule has 0 fully saturated rings. The molecule has 0 bridgehead atoms. The van der Waals surface area contributed by atoms with Gasteiger partial charge in [0.05, 0.1) is 0 Å². The van der Waals surface area contributed by atoms with Crippen LogP contribution in [0.5, 0.6) is 0 Å². The summed E-state index contributed by atoms with van der Waals surface area (Å²) in [7, 11) is 0. The summed E-state index contributed by atoms with van der Waals surface area (Å²) < 4.78 is 1.31. The smallest absolute Gasteiger partial charge is 0.411 e. The summed E-state index contributed by atoms with van der Waals surface area (Å²) in [5.74, 6) is 0. The van der Waals surface area contributed by atoms with E-state index in [0.29, 0.717) is 8.64 Å². The molecule has 192 valence electrons. The van der Waals surface area contributed by atoms with Crippen molar-refractivity contribution in [3.05, 3.63) is 0 Å². The Hall–Kier alpha value is 1.14. The Kier molecular flexibility index (Phi) is 36.5. The largest absolute Gasteiger partial charge is 2.00 e. The van der Waals surface area contributed by atoms with E-state index >= 15 is 0 Å². The summed E-state index contributed by atoms with van der Waals surface area (Å²) in [6.07, 6.45) is 20.8. The topological polar surface area (TPSA) is 6.48 Å². The second kappa shape index (κ2) is 31.2. The van der Waals surface area contributed by atoms with Crippen molar-refractivity contribution in [2.75, 3.05) is 26.2 Å². The fourth-order valence-electron chi connectivity index (χ4n) is 3.45. The molecular weight excluding hydrogens is 581 g/mol. The third-order valence-electron chi connectivity index (χ3n) is 5.64. The van der Waals surface area contributed by atoms with Gasteiger partial charge in [0.1, 0.15) is 0 Å². The zero-order valence-electron chi connectivity index (χ0n) is 22.4. The Morgan fingerprint density at radius 3 is 0.970 bits per heavy atom. The van der Waals surface area contributed by atoms with E-state index in [1.54, 1.807) is 0 Å². The van der Waals surface area contributed by atoms with Crippen LogP contribution in [0.4, 0.5) is 0 Å². The SMILES string of the molecule is CCCCCCCCN(CCCC)C(=S)[S-].CCCCCCCCN(CCCC)C(=S)[S-].[Cd+2]. The number of rotatable bonds is 20. The summed E-state index contributed by atoms with van der Waals surface area (Å²) in [4.78, 5) is 4.38. The Bertz CT molecular complexity index is 387. The van der Waals surface area contributed by atoms with Gasteiger partial charge in [0, 0.05) is 26.2 Å². The second-order valence-electron chi connectivity index (χ2n) is 8.75. The number of hydrogen-bond acceptors (Lipinski definition) is 4. The summed E-state index contributed by atoms with van der Waals surface area (Å²) in [6.45, 7) is 13.1. The van der Waals surface area contributed by atoms with Crippen molar-refractivity contribution in [3.8, 4) is 0 Å². The first-order chi connectivity index (χ1) is 15.4. The van der Waals surface area contributed by atoms with Crippen molar-refractivity contribution >= 4 is 58.3 Å². The van der Waals surface area contributed by atoms with E-state index < -0.39 is 0 Å². The molecule has 7 heteroatoms. The molecular formula is C26H52CdN2S4. The molecule has 0 N–H and O–H groups in total. The van der Waals surface area contributed by atoms with Crippen molar-refractivity contribution in [3.63, 3.8) is 0 Å². The zero-order chi connectivity index (χ0) is 24.5. The molecule has 0 aromatic rings. The van der Waals surface area contributed by atoms with E-state index in [9.17, 15) is 0 Å². The van der Waals surface area contributed by atoms with E-state index in [4.69, 9.17) is 49.7 Å². The molecule has 0 spiro atoms. The van der Waals surface area contributed by atoms with Crippen LogP contribution in [-0.2, 0) is 52.6 Å². The maximum atomic E-state index is 5.09. The standard InChI is InChI=1S/2C13H27NS2.Cd/c2*1-3-5-7-8-9-10-12-14(13(15)16)11-6-4-2;/h2*3-12H2,1-2H3,(H,15,16);/q;;+2/p-2. The molecule has 0 amide bonds. The van der Waals surface area contributed by atoms with E-state index in [0.717, 1.165) is 26.2 Å². The Labute approximate surface area is 250 Å². The molecule has 0 unspecified atom stereocenters. The minimum atomic E-state index is 0. The molecule has 0 aromatic heterocycles. The fourth-order valence-corrected chi connectivity index (χ4v) is 4.18. The van der Waals surface area contributed by atoms with Crippen LogP contribution < -0.4 is 0 Å². The van der Waals surface area contributed by atoms with Gasteiger partial charge in [-0.1, -0.05) is 113 Å². The van der Waals surface area contributed by atoms with Gasteiger partial charge in [-0.3, -0.25) is 0 Å². The maximum absolute atomic E-state index is 5.09. The molecule has 0 radical (unpaired) electrons. The maximum Gasteiger partial charge on any atom is 2.00 e. The Morgan fingerprint density at radius 1 is 0.455 bits per heavy atom. The molecule has 0 aromatic carbocycles. The number of nitrogens with zero attached hydrogens (tertiary/aromatic N) is 2. The molecule has 0 atom stereocenters. The summed E-state index contributed by atoms with van der Waals surface area (Å²) in [5, 5.41) is 0. The molecule has 0 saturated heterocycles. The van der Waals surface area contributed by atoms with Crippen LogP contribution in [0.15, 0.2) is 0 Å². The van der Waals surface area contributed by atoms with Crippen molar-refractivity contribution in [2.45, 2.75) is 130 Å². The molecule has 0 aliphatic heterocycles. The van der Waals surface area contributed by atoms with Gasteiger partial charge in [0.15, 0.2) is 0 Å². The molecule has 0 aliphatic rings. The van der Waals surface area contributed by atoms with Crippen LogP contribution in [0.3, 0.4) is 0 Å². The molecule has 0 saturated carbocycles. The van der Waals surface area contributed by atoms with Gasteiger partial charge < -0.3 is 59.5 Å². The van der Waals surface area contributed by atoms with E-state index in [2.05, 4.69) is 37.5 Å². The van der Waals surface area contributed by atoms with Gasteiger partial charge in [-0.05, 0) is 25.7 Å². The molecule has 2 nitrogen and oxygen atoms in total. The van der Waals surface area contributed by atoms with Crippen LogP contribution in [0, 0.1) is 0 Å². The molecule has 0 rings (SSSR count). The van der Waals surface area contributed by atoms with Crippen LogP contribution >= 0.6 is 24.4 Å². The summed E-state index contributed by atoms with van der Waals surface area (Å²) in [6, 6.07) is 0. The predicted octanol–water partition coefficient (Wildman–Crippen LogP) is 8.56. The van der Waals surface area contributed by atoms with Gasteiger partial charge in [0.2, 0.25) is 0 Å². The first kappa shape index (κ1) is 38.7. The first-order valence-corrected chi connectivity index (χ1v) is 15.0. The van der Waals surface area contributed by atoms with Crippen molar-refractivity contribution in [1.82, 2.24) is 9.80 Å². The van der Waals surface area contributed by atoms with Gasteiger partial charge in [-0.2, -0.15) is 0 Å². The fraction of sp³-hybridized carbons (Fsp3) is 0.923.